The quantitative estimate of drug-likeness (QED) is 0.0218. The van der Waals surface area contributed by atoms with Gasteiger partial charge in [-0.2, -0.15) is 0 Å². The number of aliphatic hydroxyl groups excluding tert-OH is 7. The molecule has 0 bridgehead atoms. The van der Waals surface area contributed by atoms with Gasteiger partial charge in [-0.15, -0.1) is 0 Å². The van der Waals surface area contributed by atoms with Crippen LogP contribution in [0.5, 0.6) is 0 Å². The lowest BCUT2D eigenvalue weighted by molar-refractivity contribution is -0.303. The molecular weight excluding hydrogens is 775 g/mol. The van der Waals surface area contributed by atoms with Gasteiger partial charge in [-0.1, -0.05) is 185 Å². The van der Waals surface area contributed by atoms with Gasteiger partial charge in [0.15, 0.2) is 6.29 Å². The van der Waals surface area contributed by atoms with Gasteiger partial charge in [0.05, 0.1) is 25.4 Å². The van der Waals surface area contributed by atoms with Crippen molar-refractivity contribution in [3.63, 3.8) is 0 Å². The summed E-state index contributed by atoms with van der Waals surface area (Å²) in [5.74, 6) is -0.712. The summed E-state index contributed by atoms with van der Waals surface area (Å²) in [4.78, 5) is 13.1. The highest BCUT2D eigenvalue weighted by atomic mass is 16.7. The van der Waals surface area contributed by atoms with E-state index >= 15 is 0 Å². The molecule has 1 fully saturated rings. The number of unbranched alkanes of at least 4 members (excludes halogenated alkanes) is 23. The third-order valence-electron chi connectivity index (χ3n) is 11.9. The van der Waals surface area contributed by atoms with Crippen molar-refractivity contribution in [2.24, 2.45) is 0 Å². The van der Waals surface area contributed by atoms with Crippen molar-refractivity contribution in [1.29, 1.82) is 0 Å². The molecule has 0 spiro atoms. The Morgan fingerprint density at radius 1 is 0.557 bits per heavy atom. The first-order valence-corrected chi connectivity index (χ1v) is 24.9. The van der Waals surface area contributed by atoms with E-state index in [0.29, 0.717) is 19.3 Å². The number of amides is 1. The van der Waals surface area contributed by atoms with E-state index in [9.17, 15) is 40.5 Å². The highest BCUT2D eigenvalue weighted by Crippen LogP contribution is 2.23. The van der Waals surface area contributed by atoms with Crippen LogP contribution < -0.4 is 5.32 Å². The number of aliphatic hydroxyl groups is 7. The predicted molar refractivity (Wildman–Crippen MR) is 247 cm³/mol. The number of rotatable bonds is 41. The molecule has 61 heavy (non-hydrogen) atoms. The van der Waals surface area contributed by atoms with E-state index in [4.69, 9.17) is 9.47 Å². The van der Waals surface area contributed by atoms with Gasteiger partial charge in [-0.3, -0.25) is 4.79 Å². The molecule has 8 N–H and O–H groups in total. The lowest BCUT2D eigenvalue weighted by atomic mass is 9.98. The Labute approximate surface area is 371 Å². The second-order valence-electron chi connectivity index (χ2n) is 17.5. The maximum Gasteiger partial charge on any atom is 0.249 e. The molecule has 358 valence electrons. The lowest BCUT2D eigenvalue weighted by Crippen LogP contribution is -2.60. The second-order valence-corrected chi connectivity index (χ2v) is 17.5. The lowest BCUT2D eigenvalue weighted by Gasteiger charge is -2.40. The molecule has 1 saturated heterocycles. The molecule has 1 aliphatic heterocycles. The Hall–Kier alpha value is -1.67. The van der Waals surface area contributed by atoms with Crippen molar-refractivity contribution in [2.75, 3.05) is 13.2 Å². The topological polar surface area (TPSA) is 189 Å². The molecule has 0 aliphatic carbocycles. The Balaban J connectivity index is 2.43. The largest absolute Gasteiger partial charge is 0.394 e. The van der Waals surface area contributed by atoms with Crippen LogP contribution in [0.1, 0.15) is 206 Å². The van der Waals surface area contributed by atoms with Crippen LogP contribution >= 0.6 is 0 Å². The molecule has 0 saturated carbocycles. The monoisotopic (exact) mass is 868 g/mol. The zero-order valence-corrected chi connectivity index (χ0v) is 38.6. The van der Waals surface area contributed by atoms with Crippen LogP contribution in [-0.2, 0) is 14.3 Å². The van der Waals surface area contributed by atoms with E-state index in [1.54, 1.807) is 0 Å². The fraction of sp³-hybridized carbons (Fsp3) is 0.860. The van der Waals surface area contributed by atoms with Gasteiger partial charge in [-0.25, -0.2) is 0 Å². The number of hydrogen-bond donors (Lipinski definition) is 8. The van der Waals surface area contributed by atoms with Crippen molar-refractivity contribution in [3.8, 4) is 0 Å². The number of ether oxygens (including phenoxy) is 2. The zero-order valence-electron chi connectivity index (χ0n) is 38.6. The summed E-state index contributed by atoms with van der Waals surface area (Å²) in [5.41, 5.74) is 0. The Morgan fingerprint density at radius 2 is 0.984 bits per heavy atom. The van der Waals surface area contributed by atoms with Crippen LogP contribution in [0.25, 0.3) is 0 Å². The van der Waals surface area contributed by atoms with E-state index < -0.39 is 74.2 Å². The molecule has 11 nitrogen and oxygen atoms in total. The van der Waals surface area contributed by atoms with E-state index in [0.717, 1.165) is 51.4 Å². The molecule has 9 atom stereocenters. The summed E-state index contributed by atoms with van der Waals surface area (Å²) >= 11 is 0. The Kier molecular flexibility index (Phi) is 37.5. The maximum absolute atomic E-state index is 13.1. The minimum atomic E-state index is -1.67. The van der Waals surface area contributed by atoms with Crippen molar-refractivity contribution in [3.05, 3.63) is 36.5 Å². The SMILES string of the molecule is CCCC/C=C/CC/C=C/CC/C=C/CCCC(O)C(O)C(COC1OC(CO)C(O)C(O)C1O)NC(=O)C(O)CCCCCCCCCCCCCCCCCCCCC. The number of carbonyl (C=O) groups is 1. The molecule has 0 aromatic rings. The summed E-state index contributed by atoms with van der Waals surface area (Å²) in [7, 11) is 0. The van der Waals surface area contributed by atoms with Gasteiger partial charge in [0, 0.05) is 0 Å². The minimum absolute atomic E-state index is 0.242. The van der Waals surface area contributed by atoms with Gasteiger partial charge in [0.2, 0.25) is 5.91 Å². The Morgan fingerprint density at radius 3 is 1.44 bits per heavy atom. The summed E-state index contributed by atoms with van der Waals surface area (Å²) < 4.78 is 11.1. The number of carbonyl (C=O) groups excluding carboxylic acids is 1. The molecule has 1 heterocycles. The molecule has 1 amide bonds. The van der Waals surface area contributed by atoms with Crippen LogP contribution in [0.15, 0.2) is 36.5 Å². The first-order chi connectivity index (χ1) is 29.7. The molecule has 9 unspecified atom stereocenters. The minimum Gasteiger partial charge on any atom is -0.394 e. The first kappa shape index (κ1) is 57.3. The molecule has 0 aromatic carbocycles. The maximum atomic E-state index is 13.1. The molecule has 0 aromatic heterocycles. The van der Waals surface area contributed by atoms with Gasteiger partial charge >= 0.3 is 0 Å². The van der Waals surface area contributed by atoms with Crippen LogP contribution in [-0.4, -0.2) is 110 Å². The third kappa shape index (κ3) is 29.4. The third-order valence-corrected chi connectivity index (χ3v) is 11.9. The van der Waals surface area contributed by atoms with Crippen molar-refractivity contribution < 1.29 is 50.0 Å². The van der Waals surface area contributed by atoms with Crippen LogP contribution in [0.4, 0.5) is 0 Å². The van der Waals surface area contributed by atoms with Gasteiger partial charge in [0.25, 0.3) is 0 Å². The molecule has 0 radical (unpaired) electrons. The van der Waals surface area contributed by atoms with Crippen LogP contribution in [0.2, 0.25) is 0 Å². The summed E-state index contributed by atoms with van der Waals surface area (Å²) in [6.45, 7) is 3.38. The molecule has 1 rings (SSSR count). The van der Waals surface area contributed by atoms with E-state index in [-0.39, 0.29) is 12.8 Å². The Bertz CT molecular complexity index is 1090. The van der Waals surface area contributed by atoms with Gasteiger partial charge in [0.1, 0.15) is 36.6 Å². The summed E-state index contributed by atoms with van der Waals surface area (Å²) in [6, 6.07) is -1.19. The number of nitrogens with one attached hydrogen (secondary N) is 1. The number of allylic oxidation sites excluding steroid dienone is 6. The average molecular weight is 868 g/mol. The fourth-order valence-electron chi connectivity index (χ4n) is 7.75. The fourth-order valence-corrected chi connectivity index (χ4v) is 7.75. The zero-order chi connectivity index (χ0) is 44.8. The predicted octanol–water partition coefficient (Wildman–Crippen LogP) is 8.78. The van der Waals surface area contributed by atoms with Crippen molar-refractivity contribution in [1.82, 2.24) is 5.32 Å². The van der Waals surface area contributed by atoms with E-state index in [2.05, 4.69) is 55.6 Å². The highest BCUT2D eigenvalue weighted by molar-refractivity contribution is 5.80. The van der Waals surface area contributed by atoms with E-state index in [1.807, 2.05) is 0 Å². The van der Waals surface area contributed by atoms with Gasteiger partial charge < -0.3 is 50.5 Å². The average Bonchev–Trinajstić information content (AvgIpc) is 3.26. The standard InChI is InChI=1S/C50H93NO10/c1-3-5-7-9-11-13-15-17-19-20-21-22-24-26-28-30-32-34-36-38-43(54)49(59)51-41(40-60-50-48(58)47(57)46(56)44(39-52)61-50)45(55)42(53)37-35-33-31-29-27-25-23-18-16-14-12-10-8-6-4-2/h10,12,18,23,29,31,41-48,50,52-58H,3-9,11,13-17,19-22,24-28,30,32-40H2,1-2H3,(H,51,59)/b12-10+,23-18+,31-29+. The molecule has 11 heteroatoms. The molecular formula is C50H93NO10. The highest BCUT2D eigenvalue weighted by Gasteiger charge is 2.44. The summed E-state index contributed by atoms with van der Waals surface area (Å²) in [5, 5.41) is 75.7. The number of hydrogen-bond acceptors (Lipinski definition) is 10. The van der Waals surface area contributed by atoms with Crippen molar-refractivity contribution >= 4 is 5.91 Å². The summed E-state index contributed by atoms with van der Waals surface area (Å²) in [6.07, 6.45) is 34.8. The van der Waals surface area contributed by atoms with Gasteiger partial charge in [-0.05, 0) is 57.8 Å². The second kappa shape index (κ2) is 39.9. The van der Waals surface area contributed by atoms with Crippen LogP contribution in [0.3, 0.4) is 0 Å². The van der Waals surface area contributed by atoms with Crippen LogP contribution in [0, 0.1) is 0 Å². The van der Waals surface area contributed by atoms with Crippen molar-refractivity contribution in [2.45, 2.75) is 262 Å². The first-order valence-electron chi connectivity index (χ1n) is 24.9. The molecule has 1 aliphatic rings. The van der Waals surface area contributed by atoms with E-state index in [1.165, 1.54) is 109 Å². The smallest absolute Gasteiger partial charge is 0.249 e. The normalized spacial score (nSPS) is 21.8.